The molecule has 2 N–H and O–H groups in total. The third-order valence-electron chi connectivity index (χ3n) is 4.65. The lowest BCUT2D eigenvalue weighted by Crippen LogP contribution is -2.28. The van der Waals surface area contributed by atoms with Gasteiger partial charge >= 0.3 is 6.09 Å². The second-order valence-electron chi connectivity index (χ2n) is 7.88. The number of rotatable bonds is 4. The number of carbonyl (C=O) groups excluding carboxylic acids is 1. The van der Waals surface area contributed by atoms with E-state index in [4.69, 9.17) is 4.74 Å². The van der Waals surface area contributed by atoms with E-state index in [2.05, 4.69) is 31.2 Å². The van der Waals surface area contributed by atoms with Crippen molar-refractivity contribution < 1.29 is 14.6 Å². The molecule has 1 aromatic carbocycles. The highest BCUT2D eigenvalue weighted by Gasteiger charge is 2.31. The summed E-state index contributed by atoms with van der Waals surface area (Å²) < 4.78 is 7.31. The summed E-state index contributed by atoms with van der Waals surface area (Å²) in [7, 11) is 0. The molecule has 0 aliphatic heterocycles. The molecule has 1 saturated carbocycles. The minimum atomic E-state index is -0.523. The highest BCUT2D eigenvalue weighted by molar-refractivity contribution is 5.69. The third-order valence-corrected chi connectivity index (χ3v) is 4.65. The fourth-order valence-corrected chi connectivity index (χ4v) is 3.38. The molecule has 3 rings (SSSR count). The molecule has 2 aromatic rings. The second-order valence-corrected chi connectivity index (χ2v) is 7.88. The van der Waals surface area contributed by atoms with Gasteiger partial charge in [0.15, 0.2) is 0 Å². The highest BCUT2D eigenvalue weighted by atomic mass is 16.6. The quantitative estimate of drug-likeness (QED) is 0.877. The van der Waals surface area contributed by atoms with Crippen molar-refractivity contribution in [3.8, 4) is 5.88 Å². The molecule has 1 aliphatic rings. The van der Waals surface area contributed by atoms with Crippen molar-refractivity contribution in [2.24, 2.45) is 0 Å². The van der Waals surface area contributed by atoms with Gasteiger partial charge in [-0.3, -0.25) is 4.68 Å². The van der Waals surface area contributed by atoms with Crippen LogP contribution in [0.3, 0.4) is 0 Å². The molecule has 140 valence electrons. The normalized spacial score (nSPS) is 20.2. The maximum absolute atomic E-state index is 12.1. The predicted octanol–water partition coefficient (Wildman–Crippen LogP) is 3.56. The van der Waals surface area contributed by atoms with Crippen LogP contribution in [0.5, 0.6) is 5.88 Å². The first-order valence-corrected chi connectivity index (χ1v) is 9.11. The number of benzene rings is 1. The van der Waals surface area contributed by atoms with Crippen LogP contribution in [-0.2, 0) is 12.1 Å². The first-order chi connectivity index (χ1) is 12.3. The lowest BCUT2D eigenvalue weighted by Gasteiger charge is -2.24. The first-order valence-electron chi connectivity index (χ1n) is 9.11. The standard InChI is InChI=1S/C20H27N3O3/c1-20(2,3)23-17(15-9-10-16(24)11-15)12-18(22-23)26-19(25)21-13-14-7-5-4-6-8-14/h4-8,12,15-16,24H,9-11,13H2,1-3H3,(H,21,25). The summed E-state index contributed by atoms with van der Waals surface area (Å²) in [4.78, 5) is 12.1. The molecule has 0 spiro atoms. The zero-order valence-electron chi connectivity index (χ0n) is 15.6. The first kappa shape index (κ1) is 18.5. The minimum absolute atomic E-state index is 0.231. The number of aliphatic hydroxyl groups excluding tert-OH is 1. The van der Waals surface area contributed by atoms with Crippen molar-refractivity contribution in [1.82, 2.24) is 15.1 Å². The SMILES string of the molecule is CC(C)(C)n1nc(OC(=O)NCc2ccccc2)cc1C1CCC(O)C1. The molecule has 2 unspecified atom stereocenters. The van der Waals surface area contributed by atoms with E-state index in [0.717, 1.165) is 30.5 Å². The maximum Gasteiger partial charge on any atom is 0.414 e. The number of aromatic nitrogens is 2. The van der Waals surface area contributed by atoms with Gasteiger partial charge in [0.2, 0.25) is 5.88 Å². The number of nitrogens with zero attached hydrogens (tertiary/aromatic N) is 2. The minimum Gasteiger partial charge on any atom is -0.393 e. The van der Waals surface area contributed by atoms with Gasteiger partial charge < -0.3 is 15.2 Å². The van der Waals surface area contributed by atoms with Crippen LogP contribution in [-0.4, -0.2) is 27.1 Å². The van der Waals surface area contributed by atoms with Gasteiger partial charge in [0.25, 0.3) is 0 Å². The van der Waals surface area contributed by atoms with Crippen LogP contribution in [0.15, 0.2) is 36.4 Å². The summed E-state index contributed by atoms with van der Waals surface area (Å²) >= 11 is 0. The molecule has 1 aliphatic carbocycles. The van der Waals surface area contributed by atoms with Crippen LogP contribution in [0.1, 0.15) is 57.2 Å². The molecular weight excluding hydrogens is 330 g/mol. The number of ether oxygens (including phenoxy) is 1. The lowest BCUT2D eigenvalue weighted by atomic mass is 10.0. The van der Waals surface area contributed by atoms with Crippen molar-refractivity contribution >= 4 is 6.09 Å². The van der Waals surface area contributed by atoms with E-state index in [-0.39, 0.29) is 17.6 Å². The van der Waals surface area contributed by atoms with E-state index >= 15 is 0 Å². The maximum atomic E-state index is 12.1. The molecule has 0 bridgehead atoms. The van der Waals surface area contributed by atoms with Gasteiger partial charge in [-0.2, -0.15) is 0 Å². The Morgan fingerprint density at radius 3 is 2.65 bits per heavy atom. The summed E-state index contributed by atoms with van der Waals surface area (Å²) in [5, 5.41) is 17.1. The summed E-state index contributed by atoms with van der Waals surface area (Å²) in [5.74, 6) is 0.531. The van der Waals surface area contributed by atoms with Crippen LogP contribution in [0.2, 0.25) is 0 Å². The third kappa shape index (κ3) is 4.43. The number of hydrogen-bond acceptors (Lipinski definition) is 4. The van der Waals surface area contributed by atoms with Crippen LogP contribution in [0.4, 0.5) is 4.79 Å². The summed E-state index contributed by atoms with van der Waals surface area (Å²) in [6.07, 6.45) is 1.66. The van der Waals surface area contributed by atoms with E-state index in [1.54, 1.807) is 0 Å². The largest absolute Gasteiger partial charge is 0.414 e. The van der Waals surface area contributed by atoms with Crippen LogP contribution in [0, 0.1) is 0 Å². The molecule has 26 heavy (non-hydrogen) atoms. The number of hydrogen-bond donors (Lipinski definition) is 2. The summed E-state index contributed by atoms with van der Waals surface area (Å²) in [5.41, 5.74) is 1.79. The van der Waals surface area contributed by atoms with Gasteiger partial charge in [0, 0.05) is 24.2 Å². The average molecular weight is 357 g/mol. The zero-order chi connectivity index (χ0) is 18.7. The Balaban J connectivity index is 1.69. The number of aliphatic hydroxyl groups is 1. The molecule has 1 aromatic heterocycles. The Labute approximate surface area is 154 Å². The van der Waals surface area contributed by atoms with Crippen molar-refractivity contribution in [1.29, 1.82) is 0 Å². The Morgan fingerprint density at radius 1 is 1.31 bits per heavy atom. The van der Waals surface area contributed by atoms with Gasteiger partial charge in [-0.25, -0.2) is 4.79 Å². The van der Waals surface area contributed by atoms with E-state index < -0.39 is 6.09 Å². The molecular formula is C20H27N3O3. The number of carbonyl (C=O) groups is 1. The van der Waals surface area contributed by atoms with Crippen LogP contribution in [0.25, 0.3) is 0 Å². The Kier molecular flexibility index (Phi) is 5.32. The van der Waals surface area contributed by atoms with Gasteiger partial charge in [-0.15, -0.1) is 5.10 Å². The molecule has 6 nitrogen and oxygen atoms in total. The fourth-order valence-electron chi connectivity index (χ4n) is 3.38. The molecule has 2 atom stereocenters. The zero-order valence-corrected chi connectivity index (χ0v) is 15.6. The van der Waals surface area contributed by atoms with Crippen LogP contribution >= 0.6 is 0 Å². The predicted molar refractivity (Wildman–Crippen MR) is 99.1 cm³/mol. The topological polar surface area (TPSA) is 76.4 Å². The van der Waals surface area contributed by atoms with Crippen molar-refractivity contribution in [3.05, 3.63) is 47.7 Å². The van der Waals surface area contributed by atoms with Gasteiger partial charge in [0.1, 0.15) is 0 Å². The smallest absolute Gasteiger partial charge is 0.393 e. The van der Waals surface area contributed by atoms with E-state index in [0.29, 0.717) is 12.4 Å². The van der Waals surface area contributed by atoms with Gasteiger partial charge in [0.05, 0.1) is 11.6 Å². The van der Waals surface area contributed by atoms with Gasteiger partial charge in [-0.05, 0) is 45.6 Å². The molecule has 1 amide bonds. The van der Waals surface area contributed by atoms with E-state index in [1.165, 1.54) is 0 Å². The second kappa shape index (κ2) is 7.50. The summed E-state index contributed by atoms with van der Waals surface area (Å²) in [6, 6.07) is 11.5. The molecule has 0 radical (unpaired) electrons. The molecule has 0 saturated heterocycles. The summed E-state index contributed by atoms with van der Waals surface area (Å²) in [6.45, 7) is 6.59. The fraction of sp³-hybridized carbons (Fsp3) is 0.500. The highest BCUT2D eigenvalue weighted by Crippen LogP contribution is 2.37. The molecule has 6 heteroatoms. The van der Waals surface area contributed by atoms with E-state index in [1.807, 2.05) is 41.1 Å². The van der Waals surface area contributed by atoms with Crippen molar-refractivity contribution in [2.75, 3.05) is 0 Å². The molecule has 1 fully saturated rings. The number of nitrogens with one attached hydrogen (secondary N) is 1. The van der Waals surface area contributed by atoms with E-state index in [9.17, 15) is 9.90 Å². The number of amides is 1. The Morgan fingerprint density at radius 2 is 2.04 bits per heavy atom. The van der Waals surface area contributed by atoms with Gasteiger partial charge in [-0.1, -0.05) is 30.3 Å². The Bertz CT molecular complexity index is 749. The lowest BCUT2D eigenvalue weighted by molar-refractivity contribution is 0.180. The molecule has 1 heterocycles. The van der Waals surface area contributed by atoms with Crippen molar-refractivity contribution in [3.63, 3.8) is 0 Å². The average Bonchev–Trinajstić information content (AvgIpc) is 3.20. The van der Waals surface area contributed by atoms with Crippen molar-refractivity contribution in [2.45, 2.75) is 64.1 Å². The van der Waals surface area contributed by atoms with Crippen LogP contribution < -0.4 is 10.1 Å². The Hall–Kier alpha value is -2.34. The monoisotopic (exact) mass is 357 g/mol.